The first-order valence-corrected chi connectivity index (χ1v) is 7.91. The van der Waals surface area contributed by atoms with Crippen LogP contribution < -0.4 is 5.32 Å². The maximum Gasteiger partial charge on any atom is 0.416 e. The van der Waals surface area contributed by atoms with E-state index in [0.717, 1.165) is 29.3 Å². The fourth-order valence-electron chi connectivity index (χ4n) is 2.17. The molecule has 0 atom stereocenters. The van der Waals surface area contributed by atoms with Crippen LogP contribution in [0.1, 0.15) is 16.7 Å². The second-order valence-corrected chi connectivity index (χ2v) is 5.97. The third-order valence-corrected chi connectivity index (χ3v) is 3.69. The van der Waals surface area contributed by atoms with Crippen molar-refractivity contribution in [3.05, 3.63) is 64.2 Å². The van der Waals surface area contributed by atoms with Gasteiger partial charge in [-0.1, -0.05) is 41.4 Å². The summed E-state index contributed by atoms with van der Waals surface area (Å²) < 4.78 is 42.9. The van der Waals surface area contributed by atoms with E-state index in [2.05, 4.69) is 5.32 Å². The first-order valence-electron chi connectivity index (χ1n) is 7.53. The number of alkyl halides is 3. The molecule has 1 N–H and O–H groups in total. The fourth-order valence-corrected chi connectivity index (χ4v) is 2.33. The number of esters is 1. The van der Waals surface area contributed by atoms with Gasteiger partial charge in [-0.2, -0.15) is 13.2 Å². The van der Waals surface area contributed by atoms with Crippen LogP contribution in [0.5, 0.6) is 0 Å². The van der Waals surface area contributed by atoms with E-state index in [1.165, 1.54) is 0 Å². The van der Waals surface area contributed by atoms with Crippen molar-refractivity contribution in [2.24, 2.45) is 0 Å². The van der Waals surface area contributed by atoms with Gasteiger partial charge in [-0.15, -0.1) is 0 Å². The van der Waals surface area contributed by atoms with Crippen molar-refractivity contribution < 1.29 is 27.5 Å². The van der Waals surface area contributed by atoms with Gasteiger partial charge < -0.3 is 10.1 Å². The van der Waals surface area contributed by atoms with Crippen molar-refractivity contribution in [1.82, 2.24) is 0 Å². The Morgan fingerprint density at radius 3 is 2.54 bits per heavy atom. The lowest BCUT2D eigenvalue weighted by Gasteiger charge is -2.12. The topological polar surface area (TPSA) is 55.4 Å². The average molecular weight is 386 g/mol. The van der Waals surface area contributed by atoms with E-state index < -0.39 is 30.2 Å². The van der Waals surface area contributed by atoms with Gasteiger partial charge in [0, 0.05) is 0 Å². The van der Waals surface area contributed by atoms with E-state index in [0.29, 0.717) is 0 Å². The standard InChI is InChI=1S/C18H15ClF3NO3/c1-11-3-2-4-12(7-11)8-17(25)26-10-16(24)23-15-9-13(18(20,21)22)5-6-14(15)19/h2-7,9H,8,10H2,1H3,(H,23,24). The van der Waals surface area contributed by atoms with Crippen LogP contribution in [0.4, 0.5) is 18.9 Å². The largest absolute Gasteiger partial charge is 0.455 e. The molecule has 0 fully saturated rings. The maximum atomic E-state index is 12.7. The lowest BCUT2D eigenvalue weighted by Crippen LogP contribution is -2.22. The Balaban J connectivity index is 1.91. The van der Waals surface area contributed by atoms with Gasteiger partial charge in [-0.25, -0.2) is 0 Å². The molecule has 0 radical (unpaired) electrons. The molecule has 2 rings (SSSR count). The molecule has 0 aliphatic rings. The predicted octanol–water partition coefficient (Wildman–Crippen LogP) is 4.39. The van der Waals surface area contributed by atoms with Crippen molar-refractivity contribution >= 4 is 29.2 Å². The Hall–Kier alpha value is -2.54. The Kier molecular flexibility index (Phi) is 6.26. The number of anilines is 1. The van der Waals surface area contributed by atoms with E-state index in [9.17, 15) is 22.8 Å². The van der Waals surface area contributed by atoms with Gasteiger partial charge in [-0.05, 0) is 30.7 Å². The molecule has 4 nitrogen and oxygen atoms in total. The zero-order chi connectivity index (χ0) is 19.3. The van der Waals surface area contributed by atoms with Gasteiger partial charge in [0.2, 0.25) is 0 Å². The maximum absolute atomic E-state index is 12.7. The summed E-state index contributed by atoms with van der Waals surface area (Å²) in [7, 11) is 0. The molecular weight excluding hydrogens is 371 g/mol. The number of hydrogen-bond donors (Lipinski definition) is 1. The molecule has 0 saturated heterocycles. The molecule has 138 valence electrons. The van der Waals surface area contributed by atoms with Gasteiger partial charge in [0.25, 0.3) is 5.91 Å². The number of amides is 1. The second kappa shape index (κ2) is 8.23. The van der Waals surface area contributed by atoms with E-state index in [4.69, 9.17) is 16.3 Å². The highest BCUT2D eigenvalue weighted by molar-refractivity contribution is 6.33. The first kappa shape index (κ1) is 19.8. The Labute approximate surface area is 152 Å². The number of nitrogens with one attached hydrogen (secondary N) is 1. The molecular formula is C18H15ClF3NO3. The molecule has 0 spiro atoms. The molecule has 26 heavy (non-hydrogen) atoms. The number of benzene rings is 2. The summed E-state index contributed by atoms with van der Waals surface area (Å²) in [6.07, 6.45) is -4.58. The summed E-state index contributed by atoms with van der Waals surface area (Å²) in [5.41, 5.74) is 0.554. The fraction of sp³-hybridized carbons (Fsp3) is 0.222. The smallest absolute Gasteiger partial charge is 0.416 e. The molecule has 0 heterocycles. The number of hydrogen-bond acceptors (Lipinski definition) is 3. The average Bonchev–Trinajstić information content (AvgIpc) is 2.54. The van der Waals surface area contributed by atoms with Crippen molar-refractivity contribution in [3.8, 4) is 0 Å². The number of rotatable bonds is 5. The lowest BCUT2D eigenvalue weighted by atomic mass is 10.1. The van der Waals surface area contributed by atoms with Gasteiger partial charge in [0.15, 0.2) is 6.61 Å². The van der Waals surface area contributed by atoms with E-state index in [1.807, 2.05) is 19.1 Å². The molecule has 0 saturated carbocycles. The van der Waals surface area contributed by atoms with E-state index >= 15 is 0 Å². The highest BCUT2D eigenvalue weighted by atomic mass is 35.5. The molecule has 2 aromatic carbocycles. The van der Waals surface area contributed by atoms with E-state index in [-0.39, 0.29) is 17.1 Å². The van der Waals surface area contributed by atoms with Crippen molar-refractivity contribution in [2.45, 2.75) is 19.5 Å². The number of halogens is 4. The van der Waals surface area contributed by atoms with Crippen molar-refractivity contribution in [1.29, 1.82) is 0 Å². The van der Waals surface area contributed by atoms with Crippen LogP contribution in [0, 0.1) is 6.92 Å². The monoisotopic (exact) mass is 385 g/mol. The Morgan fingerprint density at radius 1 is 1.15 bits per heavy atom. The second-order valence-electron chi connectivity index (χ2n) is 5.57. The normalized spacial score (nSPS) is 11.1. The van der Waals surface area contributed by atoms with E-state index in [1.54, 1.807) is 12.1 Å². The summed E-state index contributed by atoms with van der Waals surface area (Å²) >= 11 is 5.79. The zero-order valence-electron chi connectivity index (χ0n) is 13.7. The molecule has 0 aromatic heterocycles. The van der Waals surface area contributed by atoms with Crippen LogP contribution in [0.2, 0.25) is 5.02 Å². The van der Waals surface area contributed by atoms with Crippen LogP contribution in [-0.4, -0.2) is 18.5 Å². The Bertz CT molecular complexity index is 822. The minimum Gasteiger partial charge on any atom is -0.455 e. The number of ether oxygens (including phenoxy) is 1. The number of carbonyl (C=O) groups is 2. The SMILES string of the molecule is Cc1cccc(CC(=O)OCC(=O)Nc2cc(C(F)(F)F)ccc2Cl)c1. The molecule has 0 aliphatic heterocycles. The molecule has 2 aromatic rings. The minimum atomic E-state index is -4.57. The van der Waals surface area contributed by atoms with Crippen LogP contribution in [0.25, 0.3) is 0 Å². The first-order chi connectivity index (χ1) is 12.1. The van der Waals surface area contributed by atoms with Crippen LogP contribution in [0.15, 0.2) is 42.5 Å². The van der Waals surface area contributed by atoms with Crippen molar-refractivity contribution in [2.75, 3.05) is 11.9 Å². The van der Waals surface area contributed by atoms with Crippen LogP contribution in [0.3, 0.4) is 0 Å². The van der Waals surface area contributed by atoms with Gasteiger partial charge in [-0.3, -0.25) is 9.59 Å². The summed E-state index contributed by atoms with van der Waals surface area (Å²) in [4.78, 5) is 23.6. The Morgan fingerprint density at radius 2 is 1.88 bits per heavy atom. The zero-order valence-corrected chi connectivity index (χ0v) is 14.4. The quantitative estimate of drug-likeness (QED) is 0.776. The predicted molar refractivity (Wildman–Crippen MR) is 90.9 cm³/mol. The molecule has 0 aliphatic carbocycles. The van der Waals surface area contributed by atoms with Crippen molar-refractivity contribution in [3.63, 3.8) is 0 Å². The third-order valence-electron chi connectivity index (χ3n) is 3.36. The molecule has 8 heteroatoms. The lowest BCUT2D eigenvalue weighted by molar-refractivity contribution is -0.146. The number of aryl methyl sites for hydroxylation is 1. The van der Waals surface area contributed by atoms with Crippen LogP contribution in [-0.2, 0) is 26.9 Å². The minimum absolute atomic E-state index is 0.0146. The summed E-state index contributed by atoms with van der Waals surface area (Å²) in [5, 5.41) is 2.15. The molecule has 0 unspecified atom stereocenters. The van der Waals surface area contributed by atoms with Gasteiger partial charge >= 0.3 is 12.1 Å². The third kappa shape index (κ3) is 5.77. The molecule has 0 bridgehead atoms. The molecule has 1 amide bonds. The highest BCUT2D eigenvalue weighted by Gasteiger charge is 2.31. The summed E-state index contributed by atoms with van der Waals surface area (Å²) in [6, 6.07) is 9.78. The van der Waals surface area contributed by atoms with Crippen LogP contribution >= 0.6 is 11.6 Å². The summed E-state index contributed by atoms with van der Waals surface area (Å²) in [5.74, 6) is -1.41. The van der Waals surface area contributed by atoms with Gasteiger partial charge in [0.1, 0.15) is 0 Å². The number of carbonyl (C=O) groups excluding carboxylic acids is 2. The summed E-state index contributed by atoms with van der Waals surface area (Å²) in [6.45, 7) is 1.25. The highest BCUT2D eigenvalue weighted by Crippen LogP contribution is 2.33. The van der Waals surface area contributed by atoms with Gasteiger partial charge in [0.05, 0.1) is 22.7 Å².